The normalized spacial score (nSPS) is 23.8. The minimum atomic E-state index is 0.497. The molecule has 2 atom stereocenters. The molecule has 0 bridgehead atoms. The molecule has 1 aliphatic rings. The number of anilines is 1. The molecule has 100 valence electrons. The van der Waals surface area contributed by atoms with Crippen molar-refractivity contribution >= 4 is 21.7 Å². The molecule has 0 aliphatic heterocycles. The first-order valence-electron chi connectivity index (χ1n) is 6.37. The number of aromatic nitrogens is 2. The Morgan fingerprint density at radius 3 is 2.72 bits per heavy atom. The Hall–Kier alpha value is -0.840. The van der Waals surface area contributed by atoms with Gasteiger partial charge in [-0.15, -0.1) is 0 Å². The van der Waals surface area contributed by atoms with Crippen molar-refractivity contribution in [3.05, 3.63) is 11.9 Å². The van der Waals surface area contributed by atoms with Gasteiger partial charge >= 0.3 is 0 Å². The van der Waals surface area contributed by atoms with Crippen molar-refractivity contribution in [2.75, 3.05) is 19.1 Å². The Bertz CT molecular complexity index is 413. The van der Waals surface area contributed by atoms with Crippen molar-refractivity contribution in [2.45, 2.75) is 43.5 Å². The summed E-state index contributed by atoms with van der Waals surface area (Å²) in [6.45, 7) is 2.01. The first kappa shape index (κ1) is 13.6. The Kier molecular flexibility index (Phi) is 4.43. The predicted molar refractivity (Wildman–Crippen MR) is 76.7 cm³/mol. The van der Waals surface area contributed by atoms with Gasteiger partial charge in [0.25, 0.3) is 0 Å². The SMILES string of the molecule is COc1ncnc(N(C)C2CCCCC2Br)c1C. The lowest BCUT2D eigenvalue weighted by atomic mass is 9.94. The molecule has 0 saturated heterocycles. The van der Waals surface area contributed by atoms with Crippen molar-refractivity contribution in [2.24, 2.45) is 0 Å². The molecule has 1 fully saturated rings. The maximum atomic E-state index is 5.26. The minimum Gasteiger partial charge on any atom is -0.481 e. The molecule has 0 radical (unpaired) electrons. The number of methoxy groups -OCH3 is 1. The van der Waals surface area contributed by atoms with E-state index in [-0.39, 0.29) is 0 Å². The summed E-state index contributed by atoms with van der Waals surface area (Å²) in [5.74, 6) is 1.63. The highest BCUT2D eigenvalue weighted by Crippen LogP contribution is 2.32. The van der Waals surface area contributed by atoms with Gasteiger partial charge in [0.2, 0.25) is 5.88 Å². The summed E-state index contributed by atoms with van der Waals surface area (Å²) in [6, 6.07) is 0.497. The van der Waals surface area contributed by atoms with Crippen LogP contribution >= 0.6 is 15.9 Å². The van der Waals surface area contributed by atoms with Crippen LogP contribution < -0.4 is 9.64 Å². The first-order chi connectivity index (χ1) is 8.65. The summed E-state index contributed by atoms with van der Waals surface area (Å²) in [7, 11) is 3.76. The molecule has 5 heteroatoms. The van der Waals surface area contributed by atoms with E-state index in [1.165, 1.54) is 25.7 Å². The molecular formula is C13H20BrN3O. The highest BCUT2D eigenvalue weighted by molar-refractivity contribution is 9.09. The van der Waals surface area contributed by atoms with Gasteiger partial charge in [-0.1, -0.05) is 28.8 Å². The van der Waals surface area contributed by atoms with Gasteiger partial charge in [-0.25, -0.2) is 9.97 Å². The van der Waals surface area contributed by atoms with Crippen molar-refractivity contribution < 1.29 is 4.74 Å². The number of halogens is 1. The molecule has 0 spiro atoms. The zero-order valence-electron chi connectivity index (χ0n) is 11.2. The van der Waals surface area contributed by atoms with E-state index in [1.807, 2.05) is 6.92 Å². The van der Waals surface area contributed by atoms with Gasteiger partial charge in [0, 0.05) is 17.9 Å². The number of hydrogen-bond donors (Lipinski definition) is 0. The van der Waals surface area contributed by atoms with Crippen LogP contribution in [0.2, 0.25) is 0 Å². The predicted octanol–water partition coefficient (Wildman–Crippen LogP) is 2.94. The summed E-state index contributed by atoms with van der Waals surface area (Å²) < 4.78 is 5.26. The first-order valence-corrected chi connectivity index (χ1v) is 7.29. The fourth-order valence-corrected chi connectivity index (χ4v) is 3.59. The molecule has 0 amide bonds. The van der Waals surface area contributed by atoms with Crippen LogP contribution in [0, 0.1) is 6.92 Å². The number of ether oxygens (including phenoxy) is 1. The highest BCUT2D eigenvalue weighted by atomic mass is 79.9. The van der Waals surface area contributed by atoms with Crippen LogP contribution in [-0.2, 0) is 0 Å². The Morgan fingerprint density at radius 1 is 1.33 bits per heavy atom. The van der Waals surface area contributed by atoms with Gasteiger partial charge in [0.05, 0.1) is 12.7 Å². The van der Waals surface area contributed by atoms with Crippen LogP contribution in [0.3, 0.4) is 0 Å². The average Bonchev–Trinajstić information content (AvgIpc) is 2.39. The average molecular weight is 314 g/mol. The van der Waals surface area contributed by atoms with Crippen LogP contribution in [-0.4, -0.2) is 35.0 Å². The Morgan fingerprint density at radius 2 is 2.06 bits per heavy atom. The molecule has 2 rings (SSSR count). The molecular weight excluding hydrogens is 294 g/mol. The number of rotatable bonds is 3. The van der Waals surface area contributed by atoms with Crippen LogP contribution in [0.25, 0.3) is 0 Å². The van der Waals surface area contributed by atoms with Gasteiger partial charge in [0.1, 0.15) is 12.1 Å². The maximum Gasteiger partial charge on any atom is 0.221 e. The lowest BCUT2D eigenvalue weighted by Crippen LogP contribution is -2.41. The molecule has 1 heterocycles. The Labute approximate surface area is 117 Å². The summed E-state index contributed by atoms with van der Waals surface area (Å²) in [6.07, 6.45) is 6.61. The third-order valence-electron chi connectivity index (χ3n) is 3.68. The van der Waals surface area contributed by atoms with E-state index in [4.69, 9.17) is 4.74 Å². The van der Waals surface area contributed by atoms with E-state index in [0.717, 1.165) is 11.4 Å². The number of hydrogen-bond acceptors (Lipinski definition) is 4. The smallest absolute Gasteiger partial charge is 0.221 e. The van der Waals surface area contributed by atoms with Crippen LogP contribution in [0.5, 0.6) is 5.88 Å². The third-order valence-corrected chi connectivity index (χ3v) is 4.75. The fraction of sp³-hybridized carbons (Fsp3) is 0.692. The van der Waals surface area contributed by atoms with Crippen molar-refractivity contribution in [3.8, 4) is 5.88 Å². The minimum absolute atomic E-state index is 0.497. The largest absolute Gasteiger partial charge is 0.481 e. The van der Waals surface area contributed by atoms with Crippen LogP contribution in [0.1, 0.15) is 31.2 Å². The van der Waals surface area contributed by atoms with E-state index in [9.17, 15) is 0 Å². The van der Waals surface area contributed by atoms with Gasteiger partial charge in [-0.2, -0.15) is 0 Å². The fourth-order valence-electron chi connectivity index (χ4n) is 2.65. The lowest BCUT2D eigenvalue weighted by molar-refractivity contribution is 0.392. The van der Waals surface area contributed by atoms with E-state index < -0.39 is 0 Å². The standard InChI is InChI=1S/C13H20BrN3O/c1-9-12(15-8-16-13(9)18-3)17(2)11-7-5-4-6-10(11)14/h8,10-11H,4-7H2,1-3H3. The molecule has 18 heavy (non-hydrogen) atoms. The lowest BCUT2D eigenvalue weighted by Gasteiger charge is -2.36. The molecule has 1 aromatic heterocycles. The summed E-state index contributed by atoms with van der Waals surface area (Å²) in [4.78, 5) is 11.3. The Balaban J connectivity index is 2.24. The van der Waals surface area contributed by atoms with Crippen molar-refractivity contribution in [1.82, 2.24) is 9.97 Å². The van der Waals surface area contributed by atoms with Crippen molar-refractivity contribution in [3.63, 3.8) is 0 Å². The van der Waals surface area contributed by atoms with Crippen LogP contribution in [0.4, 0.5) is 5.82 Å². The highest BCUT2D eigenvalue weighted by Gasteiger charge is 2.28. The maximum absolute atomic E-state index is 5.26. The summed E-state index contributed by atoms with van der Waals surface area (Å²) in [5, 5.41) is 0. The van der Waals surface area contributed by atoms with E-state index in [2.05, 4.69) is 37.8 Å². The zero-order chi connectivity index (χ0) is 13.1. The van der Waals surface area contributed by atoms with Gasteiger partial charge < -0.3 is 9.64 Å². The number of alkyl halides is 1. The van der Waals surface area contributed by atoms with Crippen LogP contribution in [0.15, 0.2) is 6.33 Å². The van der Waals surface area contributed by atoms with E-state index >= 15 is 0 Å². The summed E-state index contributed by atoms with van der Waals surface area (Å²) >= 11 is 3.80. The van der Waals surface area contributed by atoms with Gasteiger partial charge in [-0.3, -0.25) is 0 Å². The zero-order valence-corrected chi connectivity index (χ0v) is 12.8. The van der Waals surface area contributed by atoms with E-state index in [1.54, 1.807) is 13.4 Å². The second-order valence-corrected chi connectivity index (χ2v) is 5.99. The molecule has 1 aromatic rings. The van der Waals surface area contributed by atoms with Crippen molar-refractivity contribution in [1.29, 1.82) is 0 Å². The quantitative estimate of drug-likeness (QED) is 0.804. The molecule has 2 unspecified atom stereocenters. The molecule has 0 N–H and O–H groups in total. The third kappa shape index (κ3) is 2.60. The summed E-state index contributed by atoms with van der Waals surface area (Å²) in [5.41, 5.74) is 1.01. The monoisotopic (exact) mass is 313 g/mol. The van der Waals surface area contributed by atoms with Gasteiger partial charge in [0.15, 0.2) is 0 Å². The topological polar surface area (TPSA) is 38.3 Å². The van der Waals surface area contributed by atoms with E-state index in [0.29, 0.717) is 16.7 Å². The molecule has 4 nitrogen and oxygen atoms in total. The molecule has 1 saturated carbocycles. The second-order valence-electron chi connectivity index (χ2n) is 4.81. The van der Waals surface area contributed by atoms with Gasteiger partial charge in [-0.05, 0) is 19.8 Å². The number of nitrogens with zero attached hydrogens (tertiary/aromatic N) is 3. The second kappa shape index (κ2) is 5.87. The molecule has 1 aliphatic carbocycles. The molecule has 0 aromatic carbocycles.